The van der Waals surface area contributed by atoms with E-state index in [2.05, 4.69) is 31.5 Å². The van der Waals surface area contributed by atoms with Crippen LogP contribution in [0.2, 0.25) is 0 Å². The summed E-state index contributed by atoms with van der Waals surface area (Å²) in [5, 5.41) is 19.4. The van der Waals surface area contributed by atoms with E-state index in [4.69, 9.17) is 26.0 Å². The first-order chi connectivity index (χ1) is 17.3. The third-order valence-electron chi connectivity index (χ3n) is 5.20. The van der Waals surface area contributed by atoms with Crippen molar-refractivity contribution in [3.8, 4) is 34.8 Å². The number of benzene rings is 2. The Labute approximate surface area is 217 Å². The second-order valence-corrected chi connectivity index (χ2v) is 7.52. The number of rotatable bonds is 5. The highest BCUT2D eigenvalue weighted by atomic mass is 35.5. The molecule has 12 heteroatoms. The van der Waals surface area contributed by atoms with Crippen LogP contribution in [0.25, 0.3) is 10.9 Å². The van der Waals surface area contributed by atoms with Gasteiger partial charge >= 0.3 is 6.16 Å². The highest BCUT2D eigenvalue weighted by Gasteiger charge is 2.14. The molecule has 11 nitrogen and oxygen atoms in total. The molecular formula is C25H22ClN5O6. The Morgan fingerprint density at radius 3 is 2.49 bits per heavy atom. The van der Waals surface area contributed by atoms with Crippen molar-refractivity contribution in [3.63, 3.8) is 0 Å². The third-order valence-corrected chi connectivity index (χ3v) is 5.20. The van der Waals surface area contributed by atoms with Crippen LogP contribution in [-0.2, 0) is 6.42 Å². The van der Waals surface area contributed by atoms with E-state index in [-0.39, 0.29) is 35.7 Å². The molecule has 2 aromatic carbocycles. The fraction of sp³-hybridized carbons (Fsp3) is 0.120. The summed E-state index contributed by atoms with van der Waals surface area (Å²) in [6.45, 7) is 0. The van der Waals surface area contributed by atoms with Gasteiger partial charge in [0.15, 0.2) is 23.0 Å². The Hall–Kier alpha value is -4.95. The zero-order valence-corrected chi connectivity index (χ0v) is 20.5. The number of fused-ring (bicyclic) bond motifs is 1. The van der Waals surface area contributed by atoms with E-state index in [1.807, 2.05) is 12.1 Å². The van der Waals surface area contributed by atoms with Crippen molar-refractivity contribution in [2.24, 2.45) is 0 Å². The van der Waals surface area contributed by atoms with Crippen LogP contribution in [0, 0.1) is 11.8 Å². The lowest BCUT2D eigenvalue weighted by Crippen LogP contribution is -2.04. The Bertz CT molecular complexity index is 1550. The third kappa shape index (κ3) is 5.83. The van der Waals surface area contributed by atoms with Crippen molar-refractivity contribution in [2.75, 3.05) is 25.7 Å². The fourth-order valence-electron chi connectivity index (χ4n) is 3.55. The number of nitrogens with two attached hydrogens (primary N) is 2. The van der Waals surface area contributed by atoms with Crippen molar-refractivity contribution in [2.45, 2.75) is 6.42 Å². The molecule has 0 fully saturated rings. The average molecular weight is 524 g/mol. The highest BCUT2D eigenvalue weighted by Crippen LogP contribution is 2.35. The molecule has 0 atom stereocenters. The maximum absolute atomic E-state index is 10.8. The lowest BCUT2D eigenvalue weighted by atomic mass is 10.0. The molecular weight excluding hydrogens is 502 g/mol. The number of anilines is 2. The lowest BCUT2D eigenvalue weighted by Gasteiger charge is -2.13. The maximum Gasteiger partial charge on any atom is 0.511 e. The zero-order chi connectivity index (χ0) is 25.8. The lowest BCUT2D eigenvalue weighted by molar-refractivity contribution is 0.143. The highest BCUT2D eigenvalue weighted by molar-refractivity contribution is 5.88. The Morgan fingerprint density at radius 1 is 1.03 bits per heavy atom. The van der Waals surface area contributed by atoms with Gasteiger partial charge in [0.2, 0.25) is 5.95 Å². The molecule has 6 N–H and O–H groups in total. The van der Waals surface area contributed by atoms with Crippen molar-refractivity contribution in [1.82, 2.24) is 15.0 Å². The Balaban J connectivity index is 0.00000380. The maximum atomic E-state index is 10.8. The van der Waals surface area contributed by atoms with Gasteiger partial charge in [-0.25, -0.2) is 9.78 Å². The molecule has 0 radical (unpaired) electrons. The standard InChI is InChI=1S/C25H21N5O6.ClH/c1-34-19-10-14(8-16-11-29-24(27)30-23(16)26)7-15(22(19)35-2)5-3-13-4-6-17-18(9-13)28-12-20(21(17)31)36-25(32)33;/h4,6-7,9-12H,8H2,1-2H3,(H,28,31)(H,32,33)(H4,26,27,29,30);1H. The summed E-state index contributed by atoms with van der Waals surface area (Å²) < 4.78 is 15.6. The first kappa shape index (κ1) is 26.7. The van der Waals surface area contributed by atoms with Gasteiger partial charge in [-0.3, -0.25) is 4.98 Å². The fourth-order valence-corrected chi connectivity index (χ4v) is 3.55. The predicted molar refractivity (Wildman–Crippen MR) is 138 cm³/mol. The molecule has 0 unspecified atom stereocenters. The molecule has 0 aliphatic carbocycles. The molecule has 0 spiro atoms. The van der Waals surface area contributed by atoms with Crippen LogP contribution < -0.4 is 25.7 Å². The van der Waals surface area contributed by atoms with Crippen LogP contribution in [-0.4, -0.2) is 45.5 Å². The minimum Gasteiger partial charge on any atom is -0.504 e. The molecule has 2 aromatic heterocycles. The number of halogens is 1. The van der Waals surface area contributed by atoms with E-state index >= 15 is 0 Å². The second kappa shape index (κ2) is 11.2. The van der Waals surface area contributed by atoms with E-state index < -0.39 is 6.16 Å². The summed E-state index contributed by atoms with van der Waals surface area (Å²) in [4.78, 5) is 22.9. The SMILES string of the molecule is COc1cc(Cc2cnc(N)nc2N)cc(C#Cc2ccc3c(O)c(OC(=O)O)cnc3c2)c1OC.Cl. The van der Waals surface area contributed by atoms with Gasteiger partial charge in [-0.15, -0.1) is 12.4 Å². The number of nitrogen functional groups attached to an aromatic ring is 2. The largest absolute Gasteiger partial charge is 0.511 e. The van der Waals surface area contributed by atoms with Gasteiger partial charge in [0.1, 0.15) is 5.82 Å². The second-order valence-electron chi connectivity index (χ2n) is 7.52. The van der Waals surface area contributed by atoms with E-state index in [1.165, 1.54) is 14.2 Å². The molecule has 190 valence electrons. The van der Waals surface area contributed by atoms with Crippen molar-refractivity contribution in [1.29, 1.82) is 0 Å². The minimum atomic E-state index is -1.55. The van der Waals surface area contributed by atoms with Gasteiger partial charge in [0, 0.05) is 29.1 Å². The Morgan fingerprint density at radius 2 is 1.81 bits per heavy atom. The summed E-state index contributed by atoms with van der Waals surface area (Å²) in [5.41, 5.74) is 14.7. The van der Waals surface area contributed by atoms with Gasteiger partial charge in [0.25, 0.3) is 0 Å². The van der Waals surface area contributed by atoms with Crippen LogP contribution in [0.1, 0.15) is 22.3 Å². The Kier molecular flexibility index (Phi) is 8.06. The topological polar surface area (TPSA) is 176 Å². The van der Waals surface area contributed by atoms with Crippen LogP contribution in [0.15, 0.2) is 42.7 Å². The molecule has 0 saturated carbocycles. The number of methoxy groups -OCH3 is 2. The number of pyridine rings is 1. The first-order valence-corrected chi connectivity index (χ1v) is 10.4. The van der Waals surface area contributed by atoms with Crippen molar-refractivity contribution in [3.05, 3.63) is 65.0 Å². The molecule has 0 aliphatic heterocycles. The van der Waals surface area contributed by atoms with E-state index in [1.54, 1.807) is 24.4 Å². The number of ether oxygens (including phenoxy) is 3. The van der Waals surface area contributed by atoms with Crippen LogP contribution in [0.4, 0.5) is 16.6 Å². The summed E-state index contributed by atoms with van der Waals surface area (Å²) >= 11 is 0. The molecule has 4 rings (SSSR count). The van der Waals surface area contributed by atoms with Gasteiger partial charge in [-0.1, -0.05) is 11.8 Å². The summed E-state index contributed by atoms with van der Waals surface area (Å²) in [6.07, 6.45) is 1.57. The molecule has 0 amide bonds. The van der Waals surface area contributed by atoms with Crippen LogP contribution in [0.3, 0.4) is 0 Å². The van der Waals surface area contributed by atoms with Crippen LogP contribution in [0.5, 0.6) is 23.0 Å². The normalized spacial score (nSPS) is 10.1. The number of carboxylic acid groups (broad SMARTS) is 1. The molecule has 0 aliphatic rings. The molecule has 37 heavy (non-hydrogen) atoms. The van der Waals surface area contributed by atoms with E-state index in [0.29, 0.717) is 45.5 Å². The predicted octanol–water partition coefficient (Wildman–Crippen LogP) is 3.38. The van der Waals surface area contributed by atoms with E-state index in [9.17, 15) is 9.90 Å². The number of hydrogen-bond donors (Lipinski definition) is 4. The van der Waals surface area contributed by atoms with Gasteiger partial charge in [-0.05, 0) is 35.9 Å². The van der Waals surface area contributed by atoms with Crippen molar-refractivity contribution < 1.29 is 29.2 Å². The van der Waals surface area contributed by atoms with Gasteiger partial charge in [-0.2, -0.15) is 4.98 Å². The molecule has 2 heterocycles. The van der Waals surface area contributed by atoms with Crippen LogP contribution >= 0.6 is 12.4 Å². The van der Waals surface area contributed by atoms with Crippen molar-refractivity contribution >= 4 is 41.2 Å². The number of aromatic hydroxyl groups is 1. The average Bonchev–Trinajstić information content (AvgIpc) is 2.85. The minimum absolute atomic E-state index is 0. The van der Waals surface area contributed by atoms with Gasteiger partial charge in [0.05, 0.1) is 31.5 Å². The number of nitrogens with zero attached hydrogens (tertiary/aromatic N) is 3. The molecule has 0 saturated heterocycles. The summed E-state index contributed by atoms with van der Waals surface area (Å²) in [5.74, 6) is 6.90. The first-order valence-electron chi connectivity index (χ1n) is 10.4. The van der Waals surface area contributed by atoms with Gasteiger partial charge < -0.3 is 35.9 Å². The molecule has 0 bridgehead atoms. The zero-order valence-electron chi connectivity index (χ0n) is 19.7. The monoisotopic (exact) mass is 523 g/mol. The number of hydrogen-bond acceptors (Lipinski definition) is 10. The molecule has 4 aromatic rings. The quantitative estimate of drug-likeness (QED) is 0.223. The number of carbonyl (C=O) groups is 1. The number of aromatic nitrogens is 3. The summed E-state index contributed by atoms with van der Waals surface area (Å²) in [7, 11) is 3.05. The van der Waals surface area contributed by atoms with E-state index in [0.717, 1.165) is 11.8 Å². The smallest absolute Gasteiger partial charge is 0.504 e. The summed E-state index contributed by atoms with van der Waals surface area (Å²) in [6, 6.07) is 8.58.